The maximum absolute atomic E-state index is 13.8. The molecule has 0 bridgehead atoms. The lowest BCUT2D eigenvalue weighted by Crippen LogP contribution is -2.48. The number of likely N-dealkylation sites (tertiary alicyclic amines) is 1. The Morgan fingerprint density at radius 2 is 1.94 bits per heavy atom. The summed E-state index contributed by atoms with van der Waals surface area (Å²) in [4.78, 5) is 30.0. The molecule has 4 rings (SSSR count). The van der Waals surface area contributed by atoms with E-state index in [0.717, 1.165) is 9.69 Å². The van der Waals surface area contributed by atoms with Gasteiger partial charge in [0.25, 0.3) is 0 Å². The zero-order chi connectivity index (χ0) is 23.8. The maximum atomic E-state index is 13.8. The SMILES string of the molecule is C[C@@H](C(=O)O)N1CC[C@H](N(Cc2ccccn2)S(=O)(=O)c2ccc3cc(Cl)ccc3c2)C1=O. The molecule has 1 amide bonds. The molecule has 172 valence electrons. The topological polar surface area (TPSA) is 108 Å². The van der Waals surface area contributed by atoms with Gasteiger partial charge in [-0.05, 0) is 60.5 Å². The smallest absolute Gasteiger partial charge is 0.326 e. The number of carboxylic acid groups (broad SMARTS) is 1. The van der Waals surface area contributed by atoms with E-state index in [9.17, 15) is 23.1 Å². The van der Waals surface area contributed by atoms with Crippen molar-refractivity contribution in [2.45, 2.75) is 36.9 Å². The lowest BCUT2D eigenvalue weighted by Gasteiger charge is -2.28. The van der Waals surface area contributed by atoms with Crippen LogP contribution < -0.4 is 0 Å². The molecule has 1 fully saturated rings. The van der Waals surface area contributed by atoms with E-state index in [1.54, 1.807) is 54.7 Å². The van der Waals surface area contributed by atoms with Crippen LogP contribution in [0.15, 0.2) is 65.7 Å². The van der Waals surface area contributed by atoms with E-state index in [-0.39, 0.29) is 24.4 Å². The number of hydrogen-bond acceptors (Lipinski definition) is 5. The molecule has 3 aromatic rings. The van der Waals surface area contributed by atoms with Gasteiger partial charge in [-0.15, -0.1) is 0 Å². The number of nitrogens with zero attached hydrogens (tertiary/aromatic N) is 3. The first kappa shape index (κ1) is 23.2. The molecule has 1 saturated heterocycles. The Morgan fingerprint density at radius 3 is 2.64 bits per heavy atom. The number of carboxylic acids is 1. The van der Waals surface area contributed by atoms with Gasteiger partial charge >= 0.3 is 5.97 Å². The van der Waals surface area contributed by atoms with E-state index >= 15 is 0 Å². The molecule has 2 aromatic carbocycles. The number of sulfonamides is 1. The highest BCUT2D eigenvalue weighted by Crippen LogP contribution is 2.30. The number of halogens is 1. The third-order valence-corrected chi connectivity index (χ3v) is 7.89. The average molecular weight is 488 g/mol. The predicted molar refractivity (Wildman–Crippen MR) is 123 cm³/mol. The van der Waals surface area contributed by atoms with Gasteiger partial charge in [0.1, 0.15) is 12.1 Å². The standard InChI is InChI=1S/C23H22ClN3O5S/c1-15(23(29)30)26-11-9-21(22(26)28)27(14-19-4-2-3-10-25-19)33(31,32)20-8-6-16-12-18(24)7-5-17(16)13-20/h2-8,10,12-13,15,21H,9,11,14H2,1H3,(H,29,30)/t15-,21-/m0/s1. The van der Waals surface area contributed by atoms with Gasteiger partial charge in [0.2, 0.25) is 15.9 Å². The van der Waals surface area contributed by atoms with Crippen molar-refractivity contribution < 1.29 is 23.1 Å². The van der Waals surface area contributed by atoms with E-state index in [1.165, 1.54) is 17.9 Å². The average Bonchev–Trinajstić information content (AvgIpc) is 3.17. The fourth-order valence-electron chi connectivity index (χ4n) is 3.98. The maximum Gasteiger partial charge on any atom is 0.326 e. The zero-order valence-electron chi connectivity index (χ0n) is 17.8. The number of carbonyl (C=O) groups excluding carboxylic acids is 1. The van der Waals surface area contributed by atoms with Crippen LogP contribution in [-0.4, -0.2) is 58.2 Å². The monoisotopic (exact) mass is 487 g/mol. The summed E-state index contributed by atoms with van der Waals surface area (Å²) < 4.78 is 28.7. The highest BCUT2D eigenvalue weighted by atomic mass is 35.5. The summed E-state index contributed by atoms with van der Waals surface area (Å²) in [6.07, 6.45) is 1.74. The van der Waals surface area contributed by atoms with Crippen LogP contribution in [0.1, 0.15) is 19.0 Å². The quantitative estimate of drug-likeness (QED) is 0.548. The second kappa shape index (κ2) is 9.09. The Balaban J connectivity index is 1.75. The lowest BCUT2D eigenvalue weighted by atomic mass is 10.1. The fraction of sp³-hybridized carbons (Fsp3) is 0.261. The number of carbonyl (C=O) groups is 2. The second-order valence-corrected chi connectivity index (χ2v) is 10.2. The van der Waals surface area contributed by atoms with E-state index < -0.39 is 34.0 Å². The van der Waals surface area contributed by atoms with Crippen molar-refractivity contribution in [1.82, 2.24) is 14.2 Å². The van der Waals surface area contributed by atoms with Crippen LogP contribution in [0.4, 0.5) is 0 Å². The summed E-state index contributed by atoms with van der Waals surface area (Å²) in [5.74, 6) is -1.67. The Labute approximate surface area is 196 Å². The molecule has 1 N–H and O–H groups in total. The highest BCUT2D eigenvalue weighted by Gasteiger charge is 2.44. The zero-order valence-corrected chi connectivity index (χ0v) is 19.3. The van der Waals surface area contributed by atoms with Crippen LogP contribution in [0.25, 0.3) is 10.8 Å². The van der Waals surface area contributed by atoms with E-state index in [2.05, 4.69) is 4.98 Å². The molecular formula is C23H22ClN3O5S. The van der Waals surface area contributed by atoms with Crippen LogP contribution in [0, 0.1) is 0 Å². The molecule has 1 aliphatic rings. The van der Waals surface area contributed by atoms with Crippen molar-refractivity contribution >= 4 is 44.3 Å². The van der Waals surface area contributed by atoms with E-state index in [0.29, 0.717) is 16.1 Å². The van der Waals surface area contributed by atoms with Crippen molar-refractivity contribution in [2.24, 2.45) is 0 Å². The molecule has 33 heavy (non-hydrogen) atoms. The minimum absolute atomic E-state index is 0.0331. The molecule has 8 nitrogen and oxygen atoms in total. The van der Waals surface area contributed by atoms with E-state index in [1.807, 2.05) is 0 Å². The molecule has 10 heteroatoms. The second-order valence-electron chi connectivity index (χ2n) is 7.87. The van der Waals surface area contributed by atoms with Gasteiger partial charge in [0.05, 0.1) is 17.1 Å². The highest BCUT2D eigenvalue weighted by molar-refractivity contribution is 7.89. The first-order valence-electron chi connectivity index (χ1n) is 10.3. The Morgan fingerprint density at radius 1 is 1.21 bits per heavy atom. The largest absolute Gasteiger partial charge is 0.480 e. The number of aromatic nitrogens is 1. The van der Waals surface area contributed by atoms with Crippen molar-refractivity contribution in [3.05, 3.63) is 71.5 Å². The van der Waals surface area contributed by atoms with Crippen LogP contribution in [0.5, 0.6) is 0 Å². The number of rotatable bonds is 7. The third kappa shape index (κ3) is 4.57. The number of benzene rings is 2. The van der Waals surface area contributed by atoms with Crippen LogP contribution in [0.3, 0.4) is 0 Å². The summed E-state index contributed by atoms with van der Waals surface area (Å²) >= 11 is 6.04. The minimum Gasteiger partial charge on any atom is -0.480 e. The van der Waals surface area contributed by atoms with Crippen molar-refractivity contribution in [3.8, 4) is 0 Å². The Bertz CT molecular complexity index is 1320. The van der Waals surface area contributed by atoms with Gasteiger partial charge in [-0.1, -0.05) is 29.8 Å². The number of pyridine rings is 1. The Kier molecular flexibility index (Phi) is 6.38. The van der Waals surface area contributed by atoms with Crippen molar-refractivity contribution in [2.75, 3.05) is 6.54 Å². The fourth-order valence-corrected chi connectivity index (χ4v) is 5.78. The molecule has 0 radical (unpaired) electrons. The predicted octanol–water partition coefficient (Wildman–Crippen LogP) is 3.15. The minimum atomic E-state index is -4.12. The number of fused-ring (bicyclic) bond motifs is 1. The van der Waals surface area contributed by atoms with Gasteiger partial charge in [-0.25, -0.2) is 13.2 Å². The molecular weight excluding hydrogens is 466 g/mol. The molecule has 0 saturated carbocycles. The molecule has 1 aliphatic heterocycles. The van der Waals surface area contributed by atoms with Gasteiger partial charge < -0.3 is 10.0 Å². The van der Waals surface area contributed by atoms with Gasteiger partial charge in [0.15, 0.2) is 0 Å². The van der Waals surface area contributed by atoms with Crippen LogP contribution in [-0.2, 0) is 26.2 Å². The van der Waals surface area contributed by atoms with Crippen LogP contribution in [0.2, 0.25) is 5.02 Å². The first-order valence-corrected chi connectivity index (χ1v) is 12.1. The van der Waals surface area contributed by atoms with Gasteiger partial charge in [0, 0.05) is 17.8 Å². The summed E-state index contributed by atoms with van der Waals surface area (Å²) in [5, 5.41) is 11.4. The molecule has 2 atom stereocenters. The molecule has 0 unspecified atom stereocenters. The molecule has 0 aliphatic carbocycles. The van der Waals surface area contributed by atoms with E-state index in [4.69, 9.17) is 11.6 Å². The van der Waals surface area contributed by atoms with Gasteiger partial charge in [-0.3, -0.25) is 9.78 Å². The summed E-state index contributed by atoms with van der Waals surface area (Å²) in [6, 6.07) is 12.9. The molecule has 1 aromatic heterocycles. The number of hydrogen-bond donors (Lipinski definition) is 1. The first-order chi connectivity index (χ1) is 15.7. The summed E-state index contributed by atoms with van der Waals surface area (Å²) in [5.41, 5.74) is 0.478. The van der Waals surface area contributed by atoms with Gasteiger partial charge in [-0.2, -0.15) is 4.31 Å². The Hall–Kier alpha value is -3.01. The third-order valence-electron chi connectivity index (χ3n) is 5.81. The molecule has 2 heterocycles. The summed E-state index contributed by atoms with van der Waals surface area (Å²) in [6.45, 7) is 1.45. The summed E-state index contributed by atoms with van der Waals surface area (Å²) in [7, 11) is -4.12. The number of amides is 1. The number of aliphatic carboxylic acids is 1. The lowest BCUT2D eigenvalue weighted by molar-refractivity contribution is -0.148. The van der Waals surface area contributed by atoms with Crippen molar-refractivity contribution in [3.63, 3.8) is 0 Å². The van der Waals surface area contributed by atoms with Crippen molar-refractivity contribution in [1.29, 1.82) is 0 Å². The van der Waals surface area contributed by atoms with Crippen LogP contribution >= 0.6 is 11.6 Å². The molecule has 0 spiro atoms. The normalized spacial score (nSPS) is 17.6.